The van der Waals surface area contributed by atoms with Crippen molar-refractivity contribution in [3.05, 3.63) is 81.3 Å². The fourth-order valence-corrected chi connectivity index (χ4v) is 6.66. The zero-order valence-corrected chi connectivity index (χ0v) is 22.5. The number of halogens is 1. The maximum Gasteiger partial charge on any atom is 0.264 e. The molecule has 0 radical (unpaired) electrons. The van der Waals surface area contributed by atoms with Gasteiger partial charge in [0.2, 0.25) is 0 Å². The minimum absolute atomic E-state index is 0.176. The molecule has 6 nitrogen and oxygen atoms in total. The molecule has 1 aliphatic rings. The number of sulfonamides is 1. The molecule has 4 rings (SSSR count). The lowest BCUT2D eigenvalue weighted by molar-refractivity contribution is -0.118. The first-order valence-corrected chi connectivity index (χ1v) is 13.9. The molecule has 0 atom stereocenters. The normalized spacial score (nSPS) is 13.3. The first-order chi connectivity index (χ1) is 16.7. The van der Waals surface area contributed by atoms with Crippen LogP contribution in [0.25, 0.3) is 0 Å². The van der Waals surface area contributed by atoms with Crippen molar-refractivity contribution in [2.24, 2.45) is 0 Å². The second-order valence-electron chi connectivity index (χ2n) is 8.68. The lowest BCUT2D eigenvalue weighted by Gasteiger charge is -2.30. The van der Waals surface area contributed by atoms with Crippen molar-refractivity contribution in [1.29, 1.82) is 0 Å². The van der Waals surface area contributed by atoms with Crippen molar-refractivity contribution in [2.45, 2.75) is 44.9 Å². The maximum atomic E-state index is 13.4. The van der Waals surface area contributed by atoms with E-state index in [9.17, 15) is 13.2 Å². The van der Waals surface area contributed by atoms with Gasteiger partial charge in [0.25, 0.3) is 15.9 Å². The van der Waals surface area contributed by atoms with Gasteiger partial charge in [-0.05, 0) is 91.8 Å². The van der Waals surface area contributed by atoms with Gasteiger partial charge in [-0.2, -0.15) is 0 Å². The molecule has 0 bridgehead atoms. The van der Waals surface area contributed by atoms with Gasteiger partial charge in [-0.1, -0.05) is 41.1 Å². The Morgan fingerprint density at radius 1 is 1.09 bits per heavy atom. The van der Waals surface area contributed by atoms with E-state index in [1.54, 1.807) is 25.1 Å². The summed E-state index contributed by atoms with van der Waals surface area (Å²) in [5.74, 6) is 0.201. The summed E-state index contributed by atoms with van der Waals surface area (Å²) in [5.41, 5.74) is 5.23. The zero-order chi connectivity index (χ0) is 25.2. The van der Waals surface area contributed by atoms with E-state index in [1.807, 2.05) is 50.2 Å². The molecular formula is C27H29BrN2O4S. The molecule has 3 aromatic rings. The van der Waals surface area contributed by atoms with Crippen LogP contribution in [-0.2, 0) is 27.7 Å². The molecule has 0 aromatic heterocycles. The Bertz CT molecular complexity index is 1370. The smallest absolute Gasteiger partial charge is 0.264 e. The second-order valence-corrected chi connectivity index (χ2v) is 11.5. The van der Waals surface area contributed by atoms with Crippen molar-refractivity contribution >= 4 is 43.2 Å². The molecule has 3 aromatic carbocycles. The summed E-state index contributed by atoms with van der Waals surface area (Å²) in [6.07, 6.45) is 2.44. The summed E-state index contributed by atoms with van der Waals surface area (Å²) in [6.45, 7) is 6.04. The number of nitrogens with one attached hydrogen (secondary N) is 1. The molecule has 1 heterocycles. The molecule has 0 fully saturated rings. The van der Waals surface area contributed by atoms with Crippen molar-refractivity contribution in [1.82, 2.24) is 0 Å². The lowest BCUT2D eigenvalue weighted by Crippen LogP contribution is -2.35. The topological polar surface area (TPSA) is 75.7 Å². The number of benzene rings is 3. The minimum Gasteiger partial charge on any atom is -0.483 e. The summed E-state index contributed by atoms with van der Waals surface area (Å²) in [5, 5.41) is 2.95. The molecule has 8 heteroatoms. The van der Waals surface area contributed by atoms with Gasteiger partial charge < -0.3 is 10.1 Å². The van der Waals surface area contributed by atoms with E-state index >= 15 is 0 Å². The van der Waals surface area contributed by atoms with Gasteiger partial charge in [0, 0.05) is 16.7 Å². The first kappa shape index (κ1) is 25.3. The number of carbonyl (C=O) groups excluding carboxylic acids is 1. The van der Waals surface area contributed by atoms with E-state index in [1.165, 1.54) is 4.31 Å². The van der Waals surface area contributed by atoms with E-state index in [4.69, 9.17) is 4.74 Å². The van der Waals surface area contributed by atoms with Gasteiger partial charge in [0.1, 0.15) is 5.75 Å². The SMILES string of the molecule is CCc1cc(Br)cc(C)c1NC(=O)COc1ccc(S(=O)(=O)N2CCCc3ccccc32)cc1C. The summed E-state index contributed by atoms with van der Waals surface area (Å²) in [6, 6.07) is 16.3. The zero-order valence-electron chi connectivity index (χ0n) is 20.1. The third kappa shape index (κ3) is 5.38. The number of aryl methyl sites for hydroxylation is 4. The maximum absolute atomic E-state index is 13.4. The van der Waals surface area contributed by atoms with Crippen LogP contribution in [0.1, 0.15) is 35.6 Å². The average Bonchev–Trinajstić information content (AvgIpc) is 2.84. The number of rotatable bonds is 7. The highest BCUT2D eigenvalue weighted by Gasteiger charge is 2.29. The van der Waals surface area contributed by atoms with Gasteiger partial charge in [-0.25, -0.2) is 8.42 Å². The number of nitrogens with zero attached hydrogens (tertiary/aromatic N) is 1. The fourth-order valence-electron chi connectivity index (χ4n) is 4.41. The second kappa shape index (κ2) is 10.4. The van der Waals surface area contributed by atoms with Crippen LogP contribution >= 0.6 is 15.9 Å². The Morgan fingerprint density at radius 3 is 2.60 bits per heavy atom. The highest BCUT2D eigenvalue weighted by atomic mass is 79.9. The summed E-state index contributed by atoms with van der Waals surface area (Å²) < 4.78 is 35.0. The van der Waals surface area contributed by atoms with Crippen molar-refractivity contribution in [2.75, 3.05) is 22.8 Å². The predicted octanol–water partition coefficient (Wildman–Crippen LogP) is 5.79. The third-order valence-corrected chi connectivity index (χ3v) is 8.46. The van der Waals surface area contributed by atoms with Crippen molar-refractivity contribution in [3.63, 3.8) is 0 Å². The number of ether oxygens (including phenoxy) is 1. The van der Waals surface area contributed by atoms with Crippen LogP contribution in [0, 0.1) is 13.8 Å². The van der Waals surface area contributed by atoms with E-state index in [0.29, 0.717) is 17.9 Å². The largest absolute Gasteiger partial charge is 0.483 e. The van der Waals surface area contributed by atoms with Crippen LogP contribution < -0.4 is 14.4 Å². The Labute approximate surface area is 215 Å². The molecule has 0 aliphatic carbocycles. The van der Waals surface area contributed by atoms with E-state index in [-0.39, 0.29) is 17.4 Å². The Hall–Kier alpha value is -2.84. The Kier molecular flexibility index (Phi) is 7.52. The van der Waals surface area contributed by atoms with Gasteiger partial charge in [-0.15, -0.1) is 0 Å². The fraction of sp³-hybridized carbons (Fsp3) is 0.296. The summed E-state index contributed by atoms with van der Waals surface area (Å²) >= 11 is 3.49. The number of amides is 1. The molecule has 1 amide bonds. The van der Waals surface area contributed by atoms with Crippen LogP contribution in [0.4, 0.5) is 11.4 Å². The standard InChI is InChI=1S/C27H29BrN2O4S/c1-4-20-16-22(28)14-19(3)27(20)29-26(31)17-34-25-12-11-23(15-18(25)2)35(32,33)30-13-7-9-21-8-5-6-10-24(21)30/h5-6,8,10-12,14-16H,4,7,9,13,17H2,1-3H3,(H,29,31). The number of anilines is 2. The monoisotopic (exact) mass is 556 g/mol. The van der Waals surface area contributed by atoms with E-state index < -0.39 is 10.0 Å². The molecule has 0 saturated carbocycles. The number of carbonyl (C=O) groups is 1. The molecule has 35 heavy (non-hydrogen) atoms. The van der Waals surface area contributed by atoms with E-state index in [2.05, 4.69) is 21.2 Å². The summed E-state index contributed by atoms with van der Waals surface area (Å²) in [4.78, 5) is 12.8. The van der Waals surface area contributed by atoms with Crippen molar-refractivity contribution < 1.29 is 17.9 Å². The molecule has 0 saturated heterocycles. The van der Waals surface area contributed by atoms with Crippen LogP contribution in [0.15, 0.2) is 64.0 Å². The number of fused-ring (bicyclic) bond motifs is 1. The number of hydrogen-bond acceptors (Lipinski definition) is 4. The predicted molar refractivity (Wildman–Crippen MR) is 143 cm³/mol. The van der Waals surface area contributed by atoms with Crippen LogP contribution in [0.5, 0.6) is 5.75 Å². The van der Waals surface area contributed by atoms with Gasteiger partial charge in [-0.3, -0.25) is 9.10 Å². The summed E-state index contributed by atoms with van der Waals surface area (Å²) in [7, 11) is -3.71. The lowest BCUT2D eigenvalue weighted by atomic mass is 10.0. The number of para-hydroxylation sites is 1. The Morgan fingerprint density at radius 2 is 1.86 bits per heavy atom. The highest BCUT2D eigenvalue weighted by molar-refractivity contribution is 9.10. The van der Waals surface area contributed by atoms with Gasteiger partial charge in [0.15, 0.2) is 6.61 Å². The van der Waals surface area contributed by atoms with Gasteiger partial charge >= 0.3 is 0 Å². The van der Waals surface area contributed by atoms with E-state index in [0.717, 1.165) is 51.8 Å². The molecule has 1 N–H and O–H groups in total. The third-order valence-electron chi connectivity index (χ3n) is 6.19. The minimum atomic E-state index is -3.71. The molecule has 0 spiro atoms. The molecule has 0 unspecified atom stereocenters. The highest BCUT2D eigenvalue weighted by Crippen LogP contribution is 2.33. The molecular weight excluding hydrogens is 528 g/mol. The quantitative estimate of drug-likeness (QED) is 0.399. The van der Waals surface area contributed by atoms with Crippen LogP contribution in [0.2, 0.25) is 0 Å². The number of hydrogen-bond donors (Lipinski definition) is 1. The van der Waals surface area contributed by atoms with Crippen LogP contribution in [-0.4, -0.2) is 27.5 Å². The Balaban J connectivity index is 1.47. The molecule has 184 valence electrons. The van der Waals surface area contributed by atoms with Crippen LogP contribution in [0.3, 0.4) is 0 Å². The average molecular weight is 558 g/mol. The first-order valence-electron chi connectivity index (χ1n) is 11.6. The van der Waals surface area contributed by atoms with Crippen molar-refractivity contribution in [3.8, 4) is 5.75 Å². The molecule has 1 aliphatic heterocycles. The van der Waals surface area contributed by atoms with Gasteiger partial charge in [0.05, 0.1) is 10.6 Å².